The number of nitrogens with zero attached hydrogens (tertiary/aromatic N) is 1. The molecule has 4 nitrogen and oxygen atoms in total. The maximum Gasteiger partial charge on any atom is 0.325 e. The van der Waals surface area contributed by atoms with Crippen LogP contribution < -0.4 is 0 Å². The molecule has 19 heavy (non-hydrogen) atoms. The zero-order valence-corrected chi connectivity index (χ0v) is 12.8. The highest BCUT2D eigenvalue weighted by atomic mass is 16.5. The van der Waals surface area contributed by atoms with E-state index in [-0.39, 0.29) is 36.2 Å². The highest BCUT2D eigenvalue weighted by Gasteiger charge is 2.30. The Hall–Kier alpha value is -1.32. The Morgan fingerprint density at radius 3 is 2.11 bits per heavy atom. The molecule has 0 aromatic heterocycles. The second-order valence-electron chi connectivity index (χ2n) is 5.33. The third-order valence-corrected chi connectivity index (χ3v) is 3.01. The number of hydrogen-bond acceptors (Lipinski definition) is 3. The van der Waals surface area contributed by atoms with Crippen LogP contribution in [-0.4, -0.2) is 36.5 Å². The van der Waals surface area contributed by atoms with E-state index in [1.807, 2.05) is 27.7 Å². The van der Waals surface area contributed by atoms with E-state index in [1.165, 1.54) is 4.90 Å². The number of amides is 1. The average molecular weight is 269 g/mol. The highest BCUT2D eigenvalue weighted by molar-refractivity contribution is 5.84. The second-order valence-corrected chi connectivity index (χ2v) is 5.33. The molecule has 0 spiro atoms. The van der Waals surface area contributed by atoms with Crippen LogP contribution in [0.3, 0.4) is 0 Å². The molecule has 0 bridgehead atoms. The molecule has 0 aromatic carbocycles. The van der Waals surface area contributed by atoms with E-state index < -0.39 is 0 Å². The fourth-order valence-corrected chi connectivity index (χ4v) is 2.30. The summed E-state index contributed by atoms with van der Waals surface area (Å²) in [6.07, 6.45) is 1.63. The molecule has 0 aromatic rings. The number of carbonyl (C=O) groups is 2. The number of carbonyl (C=O) groups excluding carboxylic acids is 2. The summed E-state index contributed by atoms with van der Waals surface area (Å²) in [7, 11) is 0. The average Bonchev–Trinajstić information content (AvgIpc) is 2.27. The van der Waals surface area contributed by atoms with Crippen molar-refractivity contribution >= 4 is 11.9 Å². The van der Waals surface area contributed by atoms with E-state index in [0.717, 1.165) is 0 Å². The van der Waals surface area contributed by atoms with Gasteiger partial charge in [-0.3, -0.25) is 9.59 Å². The second kappa shape index (κ2) is 8.73. The third-order valence-electron chi connectivity index (χ3n) is 3.01. The zero-order valence-electron chi connectivity index (χ0n) is 12.8. The summed E-state index contributed by atoms with van der Waals surface area (Å²) < 4.78 is 4.90. The molecule has 0 saturated heterocycles. The van der Waals surface area contributed by atoms with E-state index in [2.05, 4.69) is 6.58 Å². The lowest BCUT2D eigenvalue weighted by Crippen LogP contribution is -2.43. The lowest BCUT2D eigenvalue weighted by molar-refractivity contribution is -0.151. The lowest BCUT2D eigenvalue weighted by atomic mass is 9.84. The molecule has 0 unspecified atom stereocenters. The normalized spacial score (nSPS) is 10.9. The molecule has 0 aliphatic carbocycles. The van der Waals surface area contributed by atoms with Crippen molar-refractivity contribution in [2.24, 2.45) is 17.8 Å². The summed E-state index contributed by atoms with van der Waals surface area (Å²) in [4.78, 5) is 25.6. The van der Waals surface area contributed by atoms with Crippen LogP contribution in [0.5, 0.6) is 0 Å². The van der Waals surface area contributed by atoms with E-state index in [1.54, 1.807) is 13.0 Å². The predicted molar refractivity (Wildman–Crippen MR) is 76.6 cm³/mol. The Morgan fingerprint density at radius 1 is 1.21 bits per heavy atom. The van der Waals surface area contributed by atoms with Crippen LogP contribution in [0.25, 0.3) is 0 Å². The molecule has 0 N–H and O–H groups in total. The molecule has 1 amide bonds. The van der Waals surface area contributed by atoms with Crippen LogP contribution in [0, 0.1) is 17.8 Å². The molecule has 4 heteroatoms. The smallest absolute Gasteiger partial charge is 0.325 e. The molecule has 0 aliphatic heterocycles. The van der Waals surface area contributed by atoms with Gasteiger partial charge in [-0.25, -0.2) is 0 Å². The van der Waals surface area contributed by atoms with Gasteiger partial charge in [-0.2, -0.15) is 0 Å². The van der Waals surface area contributed by atoms with Crippen molar-refractivity contribution < 1.29 is 14.3 Å². The van der Waals surface area contributed by atoms with Gasteiger partial charge < -0.3 is 9.64 Å². The van der Waals surface area contributed by atoms with Gasteiger partial charge >= 0.3 is 5.97 Å². The summed E-state index contributed by atoms with van der Waals surface area (Å²) >= 11 is 0. The predicted octanol–water partition coefficient (Wildman–Crippen LogP) is 2.49. The van der Waals surface area contributed by atoms with Gasteiger partial charge in [-0.15, -0.1) is 6.58 Å². The Labute approximate surface area is 116 Å². The molecule has 0 fully saturated rings. The number of hydrogen-bond donors (Lipinski definition) is 0. The standard InChI is InChI=1S/C15H27NO3/c1-7-9-16(10-13(17)19-8-2)15(18)14(11(3)4)12(5)6/h7,11-12,14H,1,8-10H2,2-6H3. The number of esters is 1. The molecule has 0 aliphatic rings. The fourth-order valence-electron chi connectivity index (χ4n) is 2.30. The van der Waals surface area contributed by atoms with Gasteiger partial charge in [0.15, 0.2) is 0 Å². The molecular weight excluding hydrogens is 242 g/mol. The minimum absolute atomic E-state index is 0.00190. The highest BCUT2D eigenvalue weighted by Crippen LogP contribution is 2.23. The van der Waals surface area contributed by atoms with E-state index in [4.69, 9.17) is 4.74 Å². The van der Waals surface area contributed by atoms with Crippen LogP contribution in [0.1, 0.15) is 34.6 Å². The molecule has 0 rings (SSSR count). The van der Waals surface area contributed by atoms with Gasteiger partial charge in [0.1, 0.15) is 6.54 Å². The van der Waals surface area contributed by atoms with Crippen molar-refractivity contribution in [3.8, 4) is 0 Å². The van der Waals surface area contributed by atoms with Gasteiger partial charge in [0.05, 0.1) is 6.61 Å². The number of rotatable bonds is 8. The minimum atomic E-state index is -0.371. The van der Waals surface area contributed by atoms with E-state index >= 15 is 0 Å². The Morgan fingerprint density at radius 2 is 1.74 bits per heavy atom. The first kappa shape index (κ1) is 17.7. The van der Waals surface area contributed by atoms with Crippen molar-refractivity contribution in [1.82, 2.24) is 4.90 Å². The maximum absolute atomic E-state index is 12.5. The third kappa shape index (κ3) is 5.90. The van der Waals surface area contributed by atoms with Gasteiger partial charge in [-0.1, -0.05) is 33.8 Å². The topological polar surface area (TPSA) is 46.6 Å². The summed E-state index contributed by atoms with van der Waals surface area (Å²) in [5, 5.41) is 0. The fraction of sp³-hybridized carbons (Fsp3) is 0.733. The first-order valence-electron chi connectivity index (χ1n) is 6.90. The molecule has 0 saturated carbocycles. The van der Waals surface area contributed by atoms with Crippen LogP contribution in [0.4, 0.5) is 0 Å². The van der Waals surface area contributed by atoms with Crippen molar-refractivity contribution in [2.75, 3.05) is 19.7 Å². The SMILES string of the molecule is C=CCN(CC(=O)OCC)C(=O)C(C(C)C)C(C)C. The zero-order chi connectivity index (χ0) is 15.0. The summed E-state index contributed by atoms with van der Waals surface area (Å²) in [5.74, 6) is 0.0142. The van der Waals surface area contributed by atoms with Gasteiger partial charge in [0.25, 0.3) is 0 Å². The van der Waals surface area contributed by atoms with Crippen molar-refractivity contribution in [2.45, 2.75) is 34.6 Å². The Kier molecular flexibility index (Phi) is 8.12. The van der Waals surface area contributed by atoms with Crippen molar-refractivity contribution in [1.29, 1.82) is 0 Å². The Bertz CT molecular complexity index is 303. The van der Waals surface area contributed by atoms with Gasteiger partial charge in [0.2, 0.25) is 5.91 Å². The molecule has 110 valence electrons. The van der Waals surface area contributed by atoms with Crippen LogP contribution in [-0.2, 0) is 14.3 Å². The largest absolute Gasteiger partial charge is 0.465 e. The Balaban J connectivity index is 4.89. The van der Waals surface area contributed by atoms with Crippen molar-refractivity contribution in [3.63, 3.8) is 0 Å². The minimum Gasteiger partial charge on any atom is -0.465 e. The molecule has 0 radical (unpaired) electrons. The summed E-state index contributed by atoms with van der Waals surface area (Å²) in [6, 6.07) is 0. The first-order valence-corrected chi connectivity index (χ1v) is 6.90. The quantitative estimate of drug-likeness (QED) is 0.502. The lowest BCUT2D eigenvalue weighted by Gasteiger charge is -2.30. The van der Waals surface area contributed by atoms with Crippen LogP contribution in [0.15, 0.2) is 12.7 Å². The van der Waals surface area contributed by atoms with Gasteiger partial charge in [0, 0.05) is 12.5 Å². The molecule has 0 heterocycles. The monoisotopic (exact) mass is 269 g/mol. The molecule has 0 atom stereocenters. The number of ether oxygens (including phenoxy) is 1. The molecular formula is C15H27NO3. The van der Waals surface area contributed by atoms with E-state index in [9.17, 15) is 9.59 Å². The maximum atomic E-state index is 12.5. The van der Waals surface area contributed by atoms with Gasteiger partial charge in [-0.05, 0) is 18.8 Å². The van der Waals surface area contributed by atoms with Crippen LogP contribution in [0.2, 0.25) is 0 Å². The van der Waals surface area contributed by atoms with E-state index in [0.29, 0.717) is 13.2 Å². The van der Waals surface area contributed by atoms with Crippen molar-refractivity contribution in [3.05, 3.63) is 12.7 Å². The van der Waals surface area contributed by atoms with Crippen LogP contribution >= 0.6 is 0 Å². The summed E-state index contributed by atoms with van der Waals surface area (Å²) in [6.45, 7) is 14.2. The summed E-state index contributed by atoms with van der Waals surface area (Å²) in [5.41, 5.74) is 0. The first-order chi connectivity index (χ1) is 8.84.